The molecule has 0 spiro atoms. The summed E-state index contributed by atoms with van der Waals surface area (Å²) < 4.78 is 0. The van der Waals surface area contributed by atoms with Gasteiger partial charge in [0.05, 0.1) is 0 Å². The van der Waals surface area contributed by atoms with Gasteiger partial charge < -0.3 is 0 Å². The Kier molecular flexibility index (Phi) is 3.16. The quantitative estimate of drug-likeness (QED) is 0.560. The predicted molar refractivity (Wildman–Crippen MR) is 43.4 cm³/mol. The first-order chi connectivity index (χ1) is 4.83. The highest BCUT2D eigenvalue weighted by Gasteiger charge is 2.12. The standard InChI is InChI=1S/C8H18N2/c1-2-8-4-3-6-10(9)7-5-8/h8H,2-7,9H2,1H3. The average molecular weight is 142 g/mol. The van der Waals surface area contributed by atoms with Crippen molar-refractivity contribution in [2.45, 2.75) is 32.6 Å². The molecule has 10 heavy (non-hydrogen) atoms. The molecule has 0 radical (unpaired) electrons. The van der Waals surface area contributed by atoms with Crippen molar-refractivity contribution >= 4 is 0 Å². The van der Waals surface area contributed by atoms with E-state index < -0.39 is 0 Å². The molecular weight excluding hydrogens is 124 g/mol. The largest absolute Gasteiger partial charge is 0.269 e. The number of nitrogens with two attached hydrogens (primary N) is 1. The molecule has 1 atom stereocenters. The summed E-state index contributed by atoms with van der Waals surface area (Å²) in [7, 11) is 0. The van der Waals surface area contributed by atoms with Gasteiger partial charge in [-0.3, -0.25) is 5.84 Å². The maximum atomic E-state index is 5.68. The van der Waals surface area contributed by atoms with Gasteiger partial charge >= 0.3 is 0 Å². The first kappa shape index (κ1) is 8.02. The summed E-state index contributed by atoms with van der Waals surface area (Å²) in [6.45, 7) is 4.46. The zero-order chi connectivity index (χ0) is 7.40. The van der Waals surface area contributed by atoms with Crippen LogP contribution < -0.4 is 5.84 Å². The normalized spacial score (nSPS) is 30.0. The van der Waals surface area contributed by atoms with Crippen molar-refractivity contribution in [3.05, 3.63) is 0 Å². The van der Waals surface area contributed by atoms with E-state index in [9.17, 15) is 0 Å². The third-order valence-corrected chi connectivity index (χ3v) is 2.46. The minimum Gasteiger partial charge on any atom is -0.269 e. The van der Waals surface area contributed by atoms with Crippen molar-refractivity contribution in [2.24, 2.45) is 11.8 Å². The molecule has 0 amide bonds. The number of rotatable bonds is 1. The van der Waals surface area contributed by atoms with Crippen LogP contribution in [-0.2, 0) is 0 Å². The van der Waals surface area contributed by atoms with Crippen LogP contribution in [0.25, 0.3) is 0 Å². The van der Waals surface area contributed by atoms with Gasteiger partial charge in [-0.25, -0.2) is 5.01 Å². The van der Waals surface area contributed by atoms with Gasteiger partial charge in [-0.2, -0.15) is 0 Å². The molecule has 0 aromatic carbocycles. The predicted octanol–water partition coefficient (Wildman–Crippen LogP) is 1.37. The van der Waals surface area contributed by atoms with Crippen LogP contribution in [0.2, 0.25) is 0 Å². The summed E-state index contributed by atoms with van der Waals surface area (Å²) >= 11 is 0. The second kappa shape index (κ2) is 3.94. The summed E-state index contributed by atoms with van der Waals surface area (Å²) in [5, 5.41) is 1.95. The minimum absolute atomic E-state index is 0.938. The van der Waals surface area contributed by atoms with Crippen molar-refractivity contribution in [2.75, 3.05) is 13.1 Å². The Morgan fingerprint density at radius 1 is 1.40 bits per heavy atom. The lowest BCUT2D eigenvalue weighted by Crippen LogP contribution is -2.31. The van der Waals surface area contributed by atoms with E-state index in [1.807, 2.05) is 5.01 Å². The van der Waals surface area contributed by atoms with Crippen molar-refractivity contribution in [3.63, 3.8) is 0 Å². The lowest BCUT2D eigenvalue weighted by Gasteiger charge is -2.12. The molecule has 0 bridgehead atoms. The molecule has 1 rings (SSSR count). The van der Waals surface area contributed by atoms with Crippen molar-refractivity contribution in [3.8, 4) is 0 Å². The van der Waals surface area contributed by atoms with Gasteiger partial charge in [-0.05, 0) is 25.2 Å². The molecule has 1 unspecified atom stereocenters. The van der Waals surface area contributed by atoms with E-state index in [0.29, 0.717) is 0 Å². The summed E-state index contributed by atoms with van der Waals surface area (Å²) in [4.78, 5) is 0. The Labute approximate surface area is 63.4 Å². The van der Waals surface area contributed by atoms with Crippen molar-refractivity contribution in [1.82, 2.24) is 5.01 Å². The first-order valence-electron chi connectivity index (χ1n) is 4.32. The van der Waals surface area contributed by atoms with E-state index in [4.69, 9.17) is 5.84 Å². The summed E-state index contributed by atoms with van der Waals surface area (Å²) in [6, 6.07) is 0. The van der Waals surface area contributed by atoms with Crippen LogP contribution in [0.1, 0.15) is 32.6 Å². The monoisotopic (exact) mass is 142 g/mol. The molecule has 1 fully saturated rings. The molecule has 2 nitrogen and oxygen atoms in total. The number of hydrogen-bond donors (Lipinski definition) is 1. The van der Waals surface area contributed by atoms with E-state index in [1.165, 1.54) is 25.7 Å². The van der Waals surface area contributed by atoms with E-state index in [1.54, 1.807) is 0 Å². The molecule has 1 aliphatic heterocycles. The molecule has 2 heteroatoms. The van der Waals surface area contributed by atoms with E-state index in [0.717, 1.165) is 19.0 Å². The summed E-state index contributed by atoms with van der Waals surface area (Å²) in [6.07, 6.45) is 5.29. The van der Waals surface area contributed by atoms with Gasteiger partial charge in [0.2, 0.25) is 0 Å². The Bertz CT molecular complexity index is 93.3. The molecule has 0 aromatic rings. The third kappa shape index (κ3) is 2.27. The maximum Gasteiger partial charge on any atom is 0.0131 e. The Hall–Kier alpha value is -0.0800. The number of hydrogen-bond acceptors (Lipinski definition) is 2. The number of hydrazine groups is 1. The fourth-order valence-corrected chi connectivity index (χ4v) is 1.60. The molecular formula is C8H18N2. The van der Waals surface area contributed by atoms with Crippen LogP contribution >= 0.6 is 0 Å². The van der Waals surface area contributed by atoms with Crippen LogP contribution in [0.4, 0.5) is 0 Å². The van der Waals surface area contributed by atoms with Crippen LogP contribution in [0.15, 0.2) is 0 Å². The smallest absolute Gasteiger partial charge is 0.0131 e. The Morgan fingerprint density at radius 2 is 2.20 bits per heavy atom. The SMILES string of the molecule is CCC1CCCN(N)CC1. The zero-order valence-electron chi connectivity index (χ0n) is 6.84. The molecule has 0 saturated carbocycles. The molecule has 2 N–H and O–H groups in total. The molecule has 0 aromatic heterocycles. The fourth-order valence-electron chi connectivity index (χ4n) is 1.60. The van der Waals surface area contributed by atoms with Gasteiger partial charge in [0, 0.05) is 13.1 Å². The first-order valence-corrected chi connectivity index (χ1v) is 4.32. The van der Waals surface area contributed by atoms with Gasteiger partial charge in [-0.15, -0.1) is 0 Å². The molecule has 1 aliphatic rings. The third-order valence-electron chi connectivity index (χ3n) is 2.46. The summed E-state index contributed by atoms with van der Waals surface area (Å²) in [5.74, 6) is 6.62. The second-order valence-corrected chi connectivity index (χ2v) is 3.24. The maximum absolute atomic E-state index is 5.68. The fraction of sp³-hybridized carbons (Fsp3) is 1.00. The van der Waals surface area contributed by atoms with Crippen LogP contribution in [0, 0.1) is 5.92 Å². The highest BCUT2D eigenvalue weighted by atomic mass is 15.4. The second-order valence-electron chi connectivity index (χ2n) is 3.24. The molecule has 1 heterocycles. The molecule has 0 aliphatic carbocycles. The summed E-state index contributed by atoms with van der Waals surface area (Å²) in [5.41, 5.74) is 0. The van der Waals surface area contributed by atoms with Gasteiger partial charge in [0.25, 0.3) is 0 Å². The molecule has 1 saturated heterocycles. The highest BCUT2D eigenvalue weighted by molar-refractivity contribution is 4.65. The van der Waals surface area contributed by atoms with E-state index in [-0.39, 0.29) is 0 Å². The Balaban J connectivity index is 2.26. The Morgan fingerprint density at radius 3 is 2.90 bits per heavy atom. The van der Waals surface area contributed by atoms with Gasteiger partial charge in [-0.1, -0.05) is 13.3 Å². The van der Waals surface area contributed by atoms with E-state index >= 15 is 0 Å². The lowest BCUT2D eigenvalue weighted by molar-refractivity contribution is 0.290. The van der Waals surface area contributed by atoms with Crippen molar-refractivity contribution < 1.29 is 0 Å². The minimum atomic E-state index is 0.938. The van der Waals surface area contributed by atoms with Crippen LogP contribution in [-0.4, -0.2) is 18.1 Å². The average Bonchev–Trinajstić information content (AvgIpc) is 2.14. The number of nitrogens with zero attached hydrogens (tertiary/aromatic N) is 1. The van der Waals surface area contributed by atoms with Gasteiger partial charge in [0.15, 0.2) is 0 Å². The topological polar surface area (TPSA) is 29.3 Å². The zero-order valence-corrected chi connectivity index (χ0v) is 6.84. The van der Waals surface area contributed by atoms with Gasteiger partial charge in [0.1, 0.15) is 0 Å². The molecule has 60 valence electrons. The van der Waals surface area contributed by atoms with Crippen LogP contribution in [0.3, 0.4) is 0 Å². The van der Waals surface area contributed by atoms with E-state index in [2.05, 4.69) is 6.92 Å². The van der Waals surface area contributed by atoms with Crippen LogP contribution in [0.5, 0.6) is 0 Å². The highest BCUT2D eigenvalue weighted by Crippen LogP contribution is 2.18. The lowest BCUT2D eigenvalue weighted by atomic mass is 9.98. The van der Waals surface area contributed by atoms with Crippen molar-refractivity contribution in [1.29, 1.82) is 0 Å².